The molecule has 0 N–H and O–H groups in total. The number of ether oxygens (including phenoxy) is 1. The molecule has 1 saturated heterocycles. The lowest BCUT2D eigenvalue weighted by atomic mass is 9.77. The molecule has 1 aliphatic rings. The summed E-state index contributed by atoms with van der Waals surface area (Å²) in [6.07, 6.45) is 2.29. The van der Waals surface area contributed by atoms with E-state index < -0.39 is 0 Å². The van der Waals surface area contributed by atoms with Gasteiger partial charge in [0.15, 0.2) is 0 Å². The third kappa shape index (κ3) is 5.21. The third-order valence-corrected chi connectivity index (χ3v) is 3.72. The van der Waals surface area contributed by atoms with Gasteiger partial charge >= 0.3 is 5.97 Å². The van der Waals surface area contributed by atoms with Gasteiger partial charge in [-0.15, -0.1) is 0 Å². The van der Waals surface area contributed by atoms with Crippen LogP contribution in [0.3, 0.4) is 0 Å². The van der Waals surface area contributed by atoms with E-state index in [4.69, 9.17) is 4.74 Å². The number of amides is 1. The van der Waals surface area contributed by atoms with Crippen LogP contribution in [0.5, 0.6) is 0 Å². The second-order valence-corrected chi connectivity index (χ2v) is 6.74. The minimum atomic E-state index is -0.308. The van der Waals surface area contributed by atoms with Crippen molar-refractivity contribution < 1.29 is 14.3 Å². The summed E-state index contributed by atoms with van der Waals surface area (Å²) in [5.74, 6) is 0.299. The second-order valence-electron chi connectivity index (χ2n) is 6.74. The smallest absolute Gasteiger partial charge is 0.325 e. The van der Waals surface area contributed by atoms with E-state index in [1.165, 1.54) is 0 Å². The Morgan fingerprint density at radius 2 is 2.00 bits per heavy atom. The Balaban J connectivity index is 2.57. The molecule has 0 bridgehead atoms. The van der Waals surface area contributed by atoms with Gasteiger partial charge in [0.25, 0.3) is 0 Å². The molecule has 0 spiro atoms. The van der Waals surface area contributed by atoms with E-state index in [1.54, 1.807) is 4.90 Å². The average molecular weight is 269 g/mol. The van der Waals surface area contributed by atoms with Gasteiger partial charge in [-0.2, -0.15) is 0 Å². The summed E-state index contributed by atoms with van der Waals surface area (Å²) in [5, 5.41) is 0. The van der Waals surface area contributed by atoms with Crippen LogP contribution in [0.25, 0.3) is 0 Å². The summed E-state index contributed by atoms with van der Waals surface area (Å²) in [4.78, 5) is 25.3. The molecule has 0 saturated carbocycles. The first-order valence-electron chi connectivity index (χ1n) is 7.17. The molecule has 1 unspecified atom stereocenters. The average Bonchev–Trinajstić information content (AvgIpc) is 2.40. The van der Waals surface area contributed by atoms with Crippen molar-refractivity contribution in [2.75, 3.05) is 13.1 Å². The molecule has 4 heteroatoms. The predicted molar refractivity (Wildman–Crippen MR) is 74.6 cm³/mol. The first kappa shape index (κ1) is 16.0. The van der Waals surface area contributed by atoms with Gasteiger partial charge < -0.3 is 9.64 Å². The van der Waals surface area contributed by atoms with Gasteiger partial charge in [-0.25, -0.2) is 0 Å². The largest absolute Gasteiger partial charge is 0.462 e. The topological polar surface area (TPSA) is 46.6 Å². The number of likely N-dealkylation sites (tertiary alicyclic amines) is 1. The highest BCUT2D eigenvalue weighted by Crippen LogP contribution is 2.34. The maximum atomic E-state index is 12.0. The van der Waals surface area contributed by atoms with Gasteiger partial charge in [-0.1, -0.05) is 20.8 Å². The molecule has 0 aromatic rings. The standard InChI is InChI=1S/C15H27NO3/c1-11(2)19-14(18)10-16-9-8-12(15(3,4)5)6-7-13(16)17/h11-12H,6-10H2,1-5H3. The Kier molecular flexibility index (Phi) is 5.39. The Labute approximate surface area is 116 Å². The first-order valence-corrected chi connectivity index (χ1v) is 7.17. The summed E-state index contributed by atoms with van der Waals surface area (Å²) in [7, 11) is 0. The molecule has 1 heterocycles. The minimum absolute atomic E-state index is 0.0763. The molecule has 1 amide bonds. The lowest BCUT2D eigenvalue weighted by Crippen LogP contribution is -2.36. The summed E-state index contributed by atoms with van der Waals surface area (Å²) < 4.78 is 5.10. The molecular formula is C15H27NO3. The molecule has 1 fully saturated rings. The van der Waals surface area contributed by atoms with Gasteiger partial charge in [0, 0.05) is 13.0 Å². The monoisotopic (exact) mass is 269 g/mol. The number of carbonyl (C=O) groups excluding carboxylic acids is 2. The lowest BCUT2D eigenvalue weighted by molar-refractivity contribution is -0.152. The van der Waals surface area contributed by atoms with Crippen LogP contribution in [0, 0.1) is 11.3 Å². The molecule has 1 aliphatic heterocycles. The fourth-order valence-electron chi connectivity index (χ4n) is 2.53. The number of carbonyl (C=O) groups is 2. The van der Waals surface area contributed by atoms with Crippen molar-refractivity contribution in [1.29, 1.82) is 0 Å². The van der Waals surface area contributed by atoms with Gasteiger partial charge in [0.05, 0.1) is 6.10 Å². The van der Waals surface area contributed by atoms with Crippen molar-refractivity contribution in [3.05, 3.63) is 0 Å². The Morgan fingerprint density at radius 3 is 2.53 bits per heavy atom. The quantitative estimate of drug-likeness (QED) is 0.740. The van der Waals surface area contributed by atoms with E-state index in [-0.39, 0.29) is 29.9 Å². The van der Waals surface area contributed by atoms with Crippen molar-refractivity contribution in [1.82, 2.24) is 4.90 Å². The van der Waals surface area contributed by atoms with Crippen LogP contribution in [0.2, 0.25) is 0 Å². The number of nitrogens with zero attached hydrogens (tertiary/aromatic N) is 1. The highest BCUT2D eigenvalue weighted by Gasteiger charge is 2.30. The summed E-state index contributed by atoms with van der Waals surface area (Å²) >= 11 is 0. The van der Waals surface area contributed by atoms with Crippen LogP contribution in [0.1, 0.15) is 53.9 Å². The van der Waals surface area contributed by atoms with Crippen LogP contribution >= 0.6 is 0 Å². The van der Waals surface area contributed by atoms with Crippen LogP contribution in [0.15, 0.2) is 0 Å². The first-order chi connectivity index (χ1) is 8.70. The Morgan fingerprint density at radius 1 is 1.37 bits per heavy atom. The van der Waals surface area contributed by atoms with Crippen molar-refractivity contribution >= 4 is 11.9 Å². The maximum absolute atomic E-state index is 12.0. The van der Waals surface area contributed by atoms with Crippen LogP contribution in [0.4, 0.5) is 0 Å². The molecule has 1 atom stereocenters. The predicted octanol–water partition coefficient (Wildman–Crippen LogP) is 2.61. The van der Waals surface area contributed by atoms with E-state index in [9.17, 15) is 9.59 Å². The van der Waals surface area contributed by atoms with Crippen LogP contribution in [-0.2, 0) is 14.3 Å². The number of hydrogen-bond acceptors (Lipinski definition) is 3. The van der Waals surface area contributed by atoms with E-state index >= 15 is 0 Å². The number of rotatable bonds is 3. The Hall–Kier alpha value is -1.06. The van der Waals surface area contributed by atoms with Gasteiger partial charge in [-0.05, 0) is 38.0 Å². The molecule has 0 radical (unpaired) electrons. The second kappa shape index (κ2) is 6.40. The molecule has 0 aliphatic carbocycles. The number of esters is 1. The maximum Gasteiger partial charge on any atom is 0.325 e. The molecule has 0 aromatic heterocycles. The highest BCUT2D eigenvalue weighted by molar-refractivity contribution is 5.82. The minimum Gasteiger partial charge on any atom is -0.462 e. The zero-order valence-electron chi connectivity index (χ0n) is 12.9. The molecule has 19 heavy (non-hydrogen) atoms. The van der Waals surface area contributed by atoms with E-state index in [2.05, 4.69) is 20.8 Å². The third-order valence-electron chi connectivity index (χ3n) is 3.72. The zero-order valence-corrected chi connectivity index (χ0v) is 12.9. The van der Waals surface area contributed by atoms with Gasteiger partial charge in [0.2, 0.25) is 5.91 Å². The SMILES string of the molecule is CC(C)OC(=O)CN1CCC(C(C)(C)C)CCC1=O. The summed E-state index contributed by atoms with van der Waals surface area (Å²) in [5.41, 5.74) is 0.217. The summed E-state index contributed by atoms with van der Waals surface area (Å²) in [6, 6.07) is 0. The van der Waals surface area contributed by atoms with Gasteiger partial charge in [0.1, 0.15) is 6.54 Å². The van der Waals surface area contributed by atoms with E-state index in [0.717, 1.165) is 12.8 Å². The molecular weight excluding hydrogens is 242 g/mol. The number of hydrogen-bond donors (Lipinski definition) is 0. The fourth-order valence-corrected chi connectivity index (χ4v) is 2.53. The molecule has 0 aromatic carbocycles. The molecule has 110 valence electrons. The molecule has 1 rings (SSSR count). The van der Waals surface area contributed by atoms with Crippen LogP contribution in [-0.4, -0.2) is 36.0 Å². The Bertz CT molecular complexity index is 331. The van der Waals surface area contributed by atoms with Crippen LogP contribution < -0.4 is 0 Å². The van der Waals surface area contributed by atoms with Crippen molar-refractivity contribution in [2.24, 2.45) is 11.3 Å². The fraction of sp³-hybridized carbons (Fsp3) is 0.867. The zero-order chi connectivity index (χ0) is 14.6. The molecule has 4 nitrogen and oxygen atoms in total. The van der Waals surface area contributed by atoms with E-state index in [1.807, 2.05) is 13.8 Å². The van der Waals surface area contributed by atoms with Crippen molar-refractivity contribution in [3.8, 4) is 0 Å². The van der Waals surface area contributed by atoms with Crippen molar-refractivity contribution in [3.63, 3.8) is 0 Å². The highest BCUT2D eigenvalue weighted by atomic mass is 16.5. The van der Waals surface area contributed by atoms with Crippen molar-refractivity contribution in [2.45, 2.75) is 60.0 Å². The normalized spacial score (nSPS) is 21.5. The van der Waals surface area contributed by atoms with Gasteiger partial charge in [-0.3, -0.25) is 9.59 Å². The van der Waals surface area contributed by atoms with E-state index in [0.29, 0.717) is 18.9 Å². The summed E-state index contributed by atoms with van der Waals surface area (Å²) in [6.45, 7) is 11.0. The lowest BCUT2D eigenvalue weighted by Gasteiger charge is -2.29.